The molecule has 140 valence electrons. The lowest BCUT2D eigenvalue weighted by atomic mass is 10.0. The van der Waals surface area contributed by atoms with E-state index in [0.717, 1.165) is 24.8 Å². The standard InChI is InChI=1S/C20H31NO4/c1-15(2)6-5-7-17(4)21-19(22)14-25-20(23)12-13-24-18-10-8-16(3)9-11-18/h8-11,15,17H,5-7,12-14H2,1-4H3,(H,21,22). The SMILES string of the molecule is Cc1ccc(OCCC(=O)OCC(=O)NC(C)CCCC(C)C)cc1. The van der Waals surface area contributed by atoms with Crippen LogP contribution in [0.25, 0.3) is 0 Å². The van der Waals surface area contributed by atoms with Crippen molar-refractivity contribution in [1.82, 2.24) is 5.32 Å². The molecule has 0 fully saturated rings. The van der Waals surface area contributed by atoms with E-state index in [4.69, 9.17) is 9.47 Å². The molecule has 0 aromatic heterocycles. The zero-order valence-electron chi connectivity index (χ0n) is 15.8. The van der Waals surface area contributed by atoms with Gasteiger partial charge in [0.25, 0.3) is 5.91 Å². The number of esters is 1. The largest absolute Gasteiger partial charge is 0.493 e. The number of nitrogens with one attached hydrogen (secondary N) is 1. The van der Waals surface area contributed by atoms with Crippen LogP contribution in [0.1, 0.15) is 52.0 Å². The van der Waals surface area contributed by atoms with Crippen molar-refractivity contribution in [3.63, 3.8) is 0 Å². The topological polar surface area (TPSA) is 64.6 Å². The number of aryl methyl sites for hydroxylation is 1. The van der Waals surface area contributed by atoms with E-state index in [1.165, 1.54) is 0 Å². The van der Waals surface area contributed by atoms with E-state index in [-0.39, 0.29) is 31.6 Å². The molecule has 1 atom stereocenters. The van der Waals surface area contributed by atoms with Gasteiger partial charge in [-0.05, 0) is 38.3 Å². The van der Waals surface area contributed by atoms with Crippen molar-refractivity contribution in [3.8, 4) is 5.75 Å². The van der Waals surface area contributed by atoms with Crippen molar-refractivity contribution < 1.29 is 19.1 Å². The van der Waals surface area contributed by atoms with Crippen LogP contribution in [0.3, 0.4) is 0 Å². The quantitative estimate of drug-likeness (QED) is 0.620. The van der Waals surface area contributed by atoms with Gasteiger partial charge < -0.3 is 14.8 Å². The molecule has 1 rings (SSSR count). The normalized spacial score (nSPS) is 11.9. The van der Waals surface area contributed by atoms with E-state index in [1.54, 1.807) is 0 Å². The van der Waals surface area contributed by atoms with Gasteiger partial charge in [-0.2, -0.15) is 0 Å². The highest BCUT2D eigenvalue weighted by atomic mass is 16.5. The van der Waals surface area contributed by atoms with Gasteiger partial charge in [0.2, 0.25) is 0 Å². The molecule has 1 unspecified atom stereocenters. The molecule has 0 saturated heterocycles. The van der Waals surface area contributed by atoms with Crippen molar-refractivity contribution in [1.29, 1.82) is 0 Å². The first kappa shape index (κ1) is 21.0. The lowest BCUT2D eigenvalue weighted by Gasteiger charge is -2.14. The zero-order chi connectivity index (χ0) is 18.7. The van der Waals surface area contributed by atoms with Crippen LogP contribution in [0, 0.1) is 12.8 Å². The molecule has 0 heterocycles. The third-order valence-electron chi connectivity index (χ3n) is 3.79. The Balaban J connectivity index is 2.12. The van der Waals surface area contributed by atoms with Gasteiger partial charge in [-0.3, -0.25) is 9.59 Å². The van der Waals surface area contributed by atoms with E-state index < -0.39 is 5.97 Å². The number of carbonyl (C=O) groups excluding carboxylic acids is 2. The molecule has 5 nitrogen and oxygen atoms in total. The lowest BCUT2D eigenvalue weighted by Crippen LogP contribution is -2.36. The molecule has 5 heteroatoms. The maximum Gasteiger partial charge on any atom is 0.309 e. The van der Waals surface area contributed by atoms with Crippen molar-refractivity contribution in [3.05, 3.63) is 29.8 Å². The zero-order valence-corrected chi connectivity index (χ0v) is 15.8. The molecular formula is C20H31NO4. The van der Waals surface area contributed by atoms with Crippen molar-refractivity contribution in [2.45, 2.75) is 59.4 Å². The summed E-state index contributed by atoms with van der Waals surface area (Å²) in [6, 6.07) is 7.69. The minimum atomic E-state index is -0.435. The maximum atomic E-state index is 11.8. The van der Waals surface area contributed by atoms with Crippen LogP contribution in [-0.2, 0) is 14.3 Å². The Morgan fingerprint density at radius 1 is 1.08 bits per heavy atom. The van der Waals surface area contributed by atoms with Gasteiger partial charge in [0, 0.05) is 6.04 Å². The van der Waals surface area contributed by atoms with Crippen LogP contribution in [-0.4, -0.2) is 31.1 Å². The third-order valence-corrected chi connectivity index (χ3v) is 3.79. The van der Waals surface area contributed by atoms with E-state index in [1.807, 2.05) is 38.1 Å². The molecule has 1 N–H and O–H groups in total. The van der Waals surface area contributed by atoms with Gasteiger partial charge in [-0.1, -0.05) is 44.4 Å². The number of carbonyl (C=O) groups is 2. The molecular weight excluding hydrogens is 318 g/mol. The number of amides is 1. The molecule has 0 aliphatic rings. The fourth-order valence-electron chi connectivity index (χ4n) is 2.33. The van der Waals surface area contributed by atoms with Crippen molar-refractivity contribution >= 4 is 11.9 Å². The van der Waals surface area contributed by atoms with Crippen LogP contribution in [0.2, 0.25) is 0 Å². The van der Waals surface area contributed by atoms with E-state index in [9.17, 15) is 9.59 Å². The number of benzene rings is 1. The third kappa shape index (κ3) is 10.4. The summed E-state index contributed by atoms with van der Waals surface area (Å²) < 4.78 is 10.4. The van der Waals surface area contributed by atoms with Crippen LogP contribution in [0.5, 0.6) is 5.75 Å². The monoisotopic (exact) mass is 349 g/mol. The maximum absolute atomic E-state index is 11.8. The highest BCUT2D eigenvalue weighted by Crippen LogP contribution is 2.11. The number of hydrogen-bond donors (Lipinski definition) is 1. The van der Waals surface area contributed by atoms with Gasteiger partial charge in [0.15, 0.2) is 6.61 Å². The Morgan fingerprint density at radius 3 is 2.40 bits per heavy atom. The Morgan fingerprint density at radius 2 is 1.76 bits per heavy atom. The van der Waals surface area contributed by atoms with Crippen molar-refractivity contribution in [2.75, 3.05) is 13.2 Å². The van der Waals surface area contributed by atoms with E-state index in [2.05, 4.69) is 19.2 Å². The fourth-order valence-corrected chi connectivity index (χ4v) is 2.33. The molecule has 1 aromatic rings. The second-order valence-electron chi connectivity index (χ2n) is 6.87. The summed E-state index contributed by atoms with van der Waals surface area (Å²) in [5.41, 5.74) is 1.15. The van der Waals surface area contributed by atoms with Crippen LogP contribution < -0.4 is 10.1 Å². The second kappa shape index (κ2) is 11.5. The number of ether oxygens (including phenoxy) is 2. The molecule has 0 radical (unpaired) electrons. The Bertz CT molecular complexity index is 525. The Kier molecular flexibility index (Phi) is 9.66. The van der Waals surface area contributed by atoms with Crippen LogP contribution >= 0.6 is 0 Å². The van der Waals surface area contributed by atoms with Gasteiger partial charge in [-0.15, -0.1) is 0 Å². The highest BCUT2D eigenvalue weighted by Gasteiger charge is 2.11. The molecule has 1 aromatic carbocycles. The van der Waals surface area contributed by atoms with Crippen LogP contribution in [0.4, 0.5) is 0 Å². The molecule has 0 aliphatic heterocycles. The second-order valence-corrected chi connectivity index (χ2v) is 6.87. The van der Waals surface area contributed by atoms with Gasteiger partial charge in [-0.25, -0.2) is 0 Å². The number of rotatable bonds is 11. The summed E-state index contributed by atoms with van der Waals surface area (Å²) in [5.74, 6) is 0.692. The predicted octanol–water partition coefficient (Wildman–Crippen LogP) is 3.64. The van der Waals surface area contributed by atoms with Gasteiger partial charge >= 0.3 is 5.97 Å². The first-order valence-corrected chi connectivity index (χ1v) is 9.01. The van der Waals surface area contributed by atoms with Crippen LogP contribution in [0.15, 0.2) is 24.3 Å². The minimum absolute atomic E-state index is 0.0924. The Labute approximate surface area is 151 Å². The molecule has 0 spiro atoms. The predicted molar refractivity (Wildman–Crippen MR) is 98.5 cm³/mol. The fraction of sp³-hybridized carbons (Fsp3) is 0.600. The minimum Gasteiger partial charge on any atom is -0.493 e. The van der Waals surface area contributed by atoms with E-state index in [0.29, 0.717) is 11.7 Å². The summed E-state index contributed by atoms with van der Waals surface area (Å²) in [7, 11) is 0. The summed E-state index contributed by atoms with van der Waals surface area (Å²) >= 11 is 0. The molecule has 25 heavy (non-hydrogen) atoms. The summed E-state index contributed by atoms with van der Waals surface area (Å²) in [5, 5.41) is 2.85. The van der Waals surface area contributed by atoms with Gasteiger partial charge in [0.1, 0.15) is 5.75 Å². The average molecular weight is 349 g/mol. The van der Waals surface area contributed by atoms with Crippen molar-refractivity contribution in [2.24, 2.45) is 5.92 Å². The molecule has 0 saturated carbocycles. The summed E-state index contributed by atoms with van der Waals surface area (Å²) in [6.07, 6.45) is 3.28. The molecule has 1 amide bonds. The lowest BCUT2D eigenvalue weighted by molar-refractivity contribution is -0.149. The highest BCUT2D eigenvalue weighted by molar-refractivity contribution is 5.80. The molecule has 0 bridgehead atoms. The first-order valence-electron chi connectivity index (χ1n) is 9.01. The van der Waals surface area contributed by atoms with E-state index >= 15 is 0 Å². The average Bonchev–Trinajstić information content (AvgIpc) is 2.54. The van der Waals surface area contributed by atoms with Gasteiger partial charge in [0.05, 0.1) is 13.0 Å². The summed E-state index contributed by atoms with van der Waals surface area (Å²) in [6.45, 7) is 8.33. The number of hydrogen-bond acceptors (Lipinski definition) is 4. The first-order chi connectivity index (χ1) is 11.9. The smallest absolute Gasteiger partial charge is 0.309 e. The summed E-state index contributed by atoms with van der Waals surface area (Å²) in [4.78, 5) is 23.4. The molecule has 0 aliphatic carbocycles. The Hall–Kier alpha value is -2.04.